The van der Waals surface area contributed by atoms with E-state index in [-0.39, 0.29) is 18.1 Å². The van der Waals surface area contributed by atoms with Gasteiger partial charge in [-0.3, -0.25) is 0 Å². The molecule has 1 saturated heterocycles. The van der Waals surface area contributed by atoms with Gasteiger partial charge in [0.25, 0.3) is 0 Å². The predicted molar refractivity (Wildman–Crippen MR) is 103 cm³/mol. The summed E-state index contributed by atoms with van der Waals surface area (Å²) in [6.45, 7) is 9.70. The highest BCUT2D eigenvalue weighted by Gasteiger charge is 2.19. The van der Waals surface area contributed by atoms with Gasteiger partial charge in [-0.05, 0) is 23.1 Å². The fourth-order valence-corrected chi connectivity index (χ4v) is 3.07. The molecule has 0 unspecified atom stereocenters. The molecule has 0 amide bonds. The van der Waals surface area contributed by atoms with Crippen LogP contribution in [0.15, 0.2) is 24.3 Å². The third-order valence-electron chi connectivity index (χ3n) is 4.61. The van der Waals surface area contributed by atoms with Crippen LogP contribution in [-0.4, -0.2) is 52.3 Å². The summed E-state index contributed by atoms with van der Waals surface area (Å²) in [6, 6.07) is 8.14. The summed E-state index contributed by atoms with van der Waals surface area (Å²) in [7, 11) is 0. The molecule has 2 aromatic rings. The SMILES string of the molecule is CC(C)(C)c1ccc(OCc2nc(C[C@@H]3CNCCO3)n(CCO)n2)cc1. The fraction of sp³-hybridized carbons (Fsp3) is 0.600. The molecule has 1 fully saturated rings. The molecule has 7 heteroatoms. The van der Waals surface area contributed by atoms with E-state index in [9.17, 15) is 5.11 Å². The minimum Gasteiger partial charge on any atom is -0.486 e. The van der Waals surface area contributed by atoms with Gasteiger partial charge in [-0.25, -0.2) is 9.67 Å². The van der Waals surface area contributed by atoms with Crippen molar-refractivity contribution in [3.8, 4) is 5.75 Å². The lowest BCUT2D eigenvalue weighted by Gasteiger charge is -2.23. The van der Waals surface area contributed by atoms with Crippen LogP contribution in [0.4, 0.5) is 0 Å². The average Bonchev–Trinajstić information content (AvgIpc) is 3.02. The Kier molecular flexibility index (Phi) is 6.46. The number of aliphatic hydroxyl groups excluding tert-OH is 1. The second-order valence-electron chi connectivity index (χ2n) is 7.86. The van der Waals surface area contributed by atoms with Crippen LogP contribution in [0.2, 0.25) is 0 Å². The monoisotopic (exact) mass is 374 g/mol. The van der Waals surface area contributed by atoms with E-state index >= 15 is 0 Å². The summed E-state index contributed by atoms with van der Waals surface area (Å²) in [4.78, 5) is 4.60. The number of hydrogen-bond acceptors (Lipinski definition) is 6. The van der Waals surface area contributed by atoms with E-state index in [0.717, 1.165) is 24.7 Å². The van der Waals surface area contributed by atoms with E-state index < -0.39 is 0 Å². The maximum Gasteiger partial charge on any atom is 0.188 e. The van der Waals surface area contributed by atoms with Gasteiger partial charge in [0.15, 0.2) is 5.82 Å². The minimum absolute atomic E-state index is 0.0225. The summed E-state index contributed by atoms with van der Waals surface area (Å²) in [5.74, 6) is 2.23. The Bertz CT molecular complexity index is 716. The van der Waals surface area contributed by atoms with E-state index in [0.29, 0.717) is 32.0 Å². The Morgan fingerprint density at radius 1 is 1.30 bits per heavy atom. The summed E-state index contributed by atoms with van der Waals surface area (Å²) < 4.78 is 13.4. The van der Waals surface area contributed by atoms with Gasteiger partial charge < -0.3 is 19.9 Å². The Labute approximate surface area is 160 Å². The normalized spacial score (nSPS) is 17.9. The number of nitrogens with one attached hydrogen (secondary N) is 1. The topological polar surface area (TPSA) is 81.4 Å². The van der Waals surface area contributed by atoms with Crippen molar-refractivity contribution in [3.05, 3.63) is 41.5 Å². The molecular weight excluding hydrogens is 344 g/mol. The molecule has 0 spiro atoms. The molecule has 2 N–H and O–H groups in total. The highest BCUT2D eigenvalue weighted by atomic mass is 16.5. The van der Waals surface area contributed by atoms with Gasteiger partial charge in [0.1, 0.15) is 18.2 Å². The van der Waals surface area contributed by atoms with Gasteiger partial charge in [0, 0.05) is 19.5 Å². The number of nitrogens with zero attached hydrogens (tertiary/aromatic N) is 3. The van der Waals surface area contributed by atoms with Crippen molar-refractivity contribution in [2.45, 2.75) is 51.9 Å². The molecule has 1 aromatic heterocycles. The van der Waals surface area contributed by atoms with Gasteiger partial charge in [0.2, 0.25) is 0 Å². The maximum absolute atomic E-state index is 9.30. The summed E-state index contributed by atoms with van der Waals surface area (Å²) in [5, 5.41) is 17.1. The number of benzene rings is 1. The maximum atomic E-state index is 9.30. The standard InChI is InChI=1S/C20H30N4O3/c1-20(2,3)15-4-6-16(7-5-15)27-14-18-22-19(24(23-18)9-10-25)12-17-13-21-8-11-26-17/h4-7,17,21,25H,8-14H2,1-3H3/t17-/m1/s1. The Morgan fingerprint density at radius 2 is 2.07 bits per heavy atom. The van der Waals surface area contributed by atoms with Crippen LogP contribution in [0.25, 0.3) is 0 Å². The molecule has 1 atom stereocenters. The Morgan fingerprint density at radius 3 is 2.70 bits per heavy atom. The lowest BCUT2D eigenvalue weighted by atomic mass is 9.87. The Hall–Kier alpha value is -1.96. The van der Waals surface area contributed by atoms with Gasteiger partial charge in [0.05, 0.1) is 25.9 Å². The molecule has 0 radical (unpaired) electrons. The van der Waals surface area contributed by atoms with Crippen molar-refractivity contribution in [3.63, 3.8) is 0 Å². The highest BCUT2D eigenvalue weighted by molar-refractivity contribution is 5.31. The molecule has 148 valence electrons. The third-order valence-corrected chi connectivity index (χ3v) is 4.61. The molecule has 1 aliphatic rings. The zero-order valence-corrected chi connectivity index (χ0v) is 16.4. The number of morpholine rings is 1. The average molecular weight is 374 g/mol. The van der Waals surface area contributed by atoms with Crippen molar-refractivity contribution in [1.29, 1.82) is 0 Å². The number of aliphatic hydroxyl groups is 1. The Balaban J connectivity index is 1.63. The van der Waals surface area contributed by atoms with Gasteiger partial charge in [-0.1, -0.05) is 32.9 Å². The fourth-order valence-electron chi connectivity index (χ4n) is 3.07. The molecule has 7 nitrogen and oxygen atoms in total. The van der Waals surface area contributed by atoms with E-state index in [2.05, 4.69) is 48.3 Å². The molecule has 1 aromatic carbocycles. The van der Waals surface area contributed by atoms with Crippen LogP contribution in [0, 0.1) is 0 Å². The smallest absolute Gasteiger partial charge is 0.188 e. The zero-order chi connectivity index (χ0) is 19.3. The molecule has 2 heterocycles. The number of rotatable bonds is 7. The number of hydrogen-bond donors (Lipinski definition) is 2. The van der Waals surface area contributed by atoms with Gasteiger partial charge in [-0.2, -0.15) is 5.10 Å². The quantitative estimate of drug-likeness (QED) is 0.767. The first-order valence-electron chi connectivity index (χ1n) is 9.55. The van der Waals surface area contributed by atoms with Crippen molar-refractivity contribution in [2.75, 3.05) is 26.3 Å². The van der Waals surface area contributed by atoms with E-state index in [4.69, 9.17) is 9.47 Å². The molecule has 3 rings (SSSR count). The lowest BCUT2D eigenvalue weighted by Crippen LogP contribution is -2.40. The summed E-state index contributed by atoms with van der Waals surface area (Å²) in [6.07, 6.45) is 0.749. The first kappa shape index (κ1) is 19.8. The summed E-state index contributed by atoms with van der Waals surface area (Å²) >= 11 is 0. The highest BCUT2D eigenvalue weighted by Crippen LogP contribution is 2.24. The lowest BCUT2D eigenvalue weighted by molar-refractivity contribution is 0.0272. The van der Waals surface area contributed by atoms with Crippen molar-refractivity contribution < 1.29 is 14.6 Å². The van der Waals surface area contributed by atoms with Crippen LogP contribution in [-0.2, 0) is 29.7 Å². The van der Waals surface area contributed by atoms with Crippen LogP contribution in [0.3, 0.4) is 0 Å². The van der Waals surface area contributed by atoms with Gasteiger partial charge in [-0.15, -0.1) is 0 Å². The van der Waals surface area contributed by atoms with Gasteiger partial charge >= 0.3 is 0 Å². The van der Waals surface area contributed by atoms with Crippen LogP contribution >= 0.6 is 0 Å². The van der Waals surface area contributed by atoms with E-state index in [1.165, 1.54) is 5.56 Å². The number of aromatic nitrogens is 3. The van der Waals surface area contributed by atoms with Crippen molar-refractivity contribution in [2.24, 2.45) is 0 Å². The van der Waals surface area contributed by atoms with Crippen molar-refractivity contribution >= 4 is 0 Å². The molecule has 0 bridgehead atoms. The van der Waals surface area contributed by atoms with Crippen LogP contribution in [0.1, 0.15) is 38.0 Å². The molecule has 1 aliphatic heterocycles. The first-order valence-corrected chi connectivity index (χ1v) is 9.55. The van der Waals surface area contributed by atoms with Crippen molar-refractivity contribution in [1.82, 2.24) is 20.1 Å². The largest absolute Gasteiger partial charge is 0.486 e. The molecular formula is C20H30N4O3. The summed E-state index contributed by atoms with van der Waals surface area (Å²) in [5.41, 5.74) is 1.39. The second-order valence-corrected chi connectivity index (χ2v) is 7.86. The molecule has 27 heavy (non-hydrogen) atoms. The van der Waals surface area contributed by atoms with Crippen LogP contribution in [0.5, 0.6) is 5.75 Å². The van der Waals surface area contributed by atoms with E-state index in [1.807, 2.05) is 12.1 Å². The molecule has 0 aliphatic carbocycles. The zero-order valence-electron chi connectivity index (χ0n) is 16.4. The second kappa shape index (κ2) is 8.82. The molecule has 0 saturated carbocycles. The first-order chi connectivity index (χ1) is 13.0. The predicted octanol–water partition coefficient (Wildman–Crippen LogP) is 1.68. The third kappa shape index (κ3) is 5.51. The minimum atomic E-state index is 0.0225. The van der Waals surface area contributed by atoms with Crippen LogP contribution < -0.4 is 10.1 Å². The number of ether oxygens (including phenoxy) is 2. The van der Waals surface area contributed by atoms with E-state index in [1.54, 1.807) is 4.68 Å².